The van der Waals surface area contributed by atoms with Gasteiger partial charge < -0.3 is 10.6 Å². The highest BCUT2D eigenvalue weighted by molar-refractivity contribution is 7.80. The second-order valence-corrected chi connectivity index (χ2v) is 7.16. The first-order valence-electron chi connectivity index (χ1n) is 8.04. The third kappa shape index (κ3) is 4.55. The van der Waals surface area contributed by atoms with Gasteiger partial charge in [-0.05, 0) is 62.0 Å². The fraction of sp³-hybridized carbons (Fsp3) is 0.158. The van der Waals surface area contributed by atoms with Gasteiger partial charge in [-0.3, -0.25) is 4.68 Å². The second kappa shape index (κ2) is 8.08. The van der Waals surface area contributed by atoms with Crippen LogP contribution in [0.3, 0.4) is 0 Å². The van der Waals surface area contributed by atoms with Gasteiger partial charge in [0, 0.05) is 11.4 Å². The van der Waals surface area contributed by atoms with Gasteiger partial charge in [-0.25, -0.2) is 0 Å². The van der Waals surface area contributed by atoms with Crippen LogP contribution < -0.4 is 10.6 Å². The van der Waals surface area contributed by atoms with Crippen LogP contribution in [-0.2, 0) is 6.54 Å². The number of thiocarbonyl (C=S) groups is 1. The van der Waals surface area contributed by atoms with Gasteiger partial charge in [0.15, 0.2) is 5.11 Å². The van der Waals surface area contributed by atoms with E-state index in [1.165, 1.54) is 0 Å². The molecule has 3 rings (SSSR count). The first-order valence-corrected chi connectivity index (χ1v) is 9.21. The highest BCUT2D eigenvalue weighted by Crippen LogP contribution is 2.29. The Morgan fingerprint density at radius 3 is 2.58 bits per heavy atom. The minimum absolute atomic E-state index is 0.441. The van der Waals surface area contributed by atoms with Crippen LogP contribution in [0.2, 0.25) is 10.0 Å². The number of anilines is 2. The number of nitrogens with zero attached hydrogens (tertiary/aromatic N) is 2. The molecule has 3 aromatic rings. The molecule has 1 aromatic heterocycles. The first kappa shape index (κ1) is 18.7. The summed E-state index contributed by atoms with van der Waals surface area (Å²) in [5, 5.41) is 12.1. The van der Waals surface area contributed by atoms with Crippen LogP contribution >= 0.6 is 35.4 Å². The lowest BCUT2D eigenvalue weighted by Crippen LogP contribution is -2.19. The second-order valence-electron chi connectivity index (χ2n) is 5.97. The zero-order chi connectivity index (χ0) is 18.7. The van der Waals surface area contributed by atoms with Crippen LogP contribution in [0.1, 0.15) is 17.0 Å². The van der Waals surface area contributed by atoms with E-state index in [0.717, 1.165) is 22.6 Å². The third-order valence-electron chi connectivity index (χ3n) is 3.82. The molecule has 7 heteroatoms. The Labute approximate surface area is 168 Å². The van der Waals surface area contributed by atoms with E-state index in [1.54, 1.807) is 6.07 Å². The zero-order valence-electron chi connectivity index (χ0n) is 14.4. The summed E-state index contributed by atoms with van der Waals surface area (Å²) < 4.78 is 1.98. The van der Waals surface area contributed by atoms with Crippen LogP contribution in [0, 0.1) is 13.8 Å². The van der Waals surface area contributed by atoms with Crippen LogP contribution in [0.4, 0.5) is 11.4 Å². The number of halogens is 2. The molecule has 1 heterocycles. The molecule has 0 saturated heterocycles. The number of rotatable bonds is 4. The van der Waals surface area contributed by atoms with Crippen molar-refractivity contribution in [1.82, 2.24) is 9.78 Å². The molecule has 0 atom stereocenters. The molecule has 0 fully saturated rings. The van der Waals surface area contributed by atoms with Gasteiger partial charge in [-0.15, -0.1) is 0 Å². The molecule has 0 spiro atoms. The van der Waals surface area contributed by atoms with Gasteiger partial charge in [-0.1, -0.05) is 41.4 Å². The average molecular weight is 405 g/mol. The van der Waals surface area contributed by atoms with E-state index < -0.39 is 0 Å². The number of hydrogen-bond acceptors (Lipinski definition) is 2. The van der Waals surface area contributed by atoms with Crippen molar-refractivity contribution < 1.29 is 0 Å². The Morgan fingerprint density at radius 1 is 1.08 bits per heavy atom. The Bertz CT molecular complexity index is 952. The standard InChI is InChI=1S/C19H18Cl2N4S/c1-12-9-13(2)25(24-12)11-14-5-3-6-15(10-14)22-19(26)23-17-8-4-7-16(20)18(17)21/h3-10H,11H2,1-2H3,(H2,22,23,26). The SMILES string of the molecule is Cc1cc(C)n(Cc2cccc(NC(=S)Nc3cccc(Cl)c3Cl)c2)n1. The number of hydrogen-bond donors (Lipinski definition) is 2. The topological polar surface area (TPSA) is 41.9 Å². The average Bonchev–Trinajstić information content (AvgIpc) is 2.89. The molecule has 0 aliphatic heterocycles. The van der Waals surface area contributed by atoms with Crippen molar-refractivity contribution >= 4 is 51.9 Å². The van der Waals surface area contributed by atoms with Gasteiger partial charge in [-0.2, -0.15) is 5.10 Å². The highest BCUT2D eigenvalue weighted by atomic mass is 35.5. The Balaban J connectivity index is 1.69. The predicted octanol–water partition coefficient (Wildman–Crippen LogP) is 5.66. The van der Waals surface area contributed by atoms with Gasteiger partial charge in [0.1, 0.15) is 0 Å². The smallest absolute Gasteiger partial charge is 0.175 e. The van der Waals surface area contributed by atoms with Crippen molar-refractivity contribution in [3.63, 3.8) is 0 Å². The molecule has 4 nitrogen and oxygen atoms in total. The highest BCUT2D eigenvalue weighted by Gasteiger charge is 2.07. The van der Waals surface area contributed by atoms with Gasteiger partial charge in [0.25, 0.3) is 0 Å². The quantitative estimate of drug-likeness (QED) is 0.550. The summed E-state index contributed by atoms with van der Waals surface area (Å²) in [6.07, 6.45) is 0. The summed E-state index contributed by atoms with van der Waals surface area (Å²) in [5.41, 5.74) is 4.83. The summed E-state index contributed by atoms with van der Waals surface area (Å²) in [4.78, 5) is 0. The van der Waals surface area contributed by atoms with Crippen molar-refractivity contribution in [3.05, 3.63) is 75.5 Å². The monoisotopic (exact) mass is 404 g/mol. The number of aromatic nitrogens is 2. The normalized spacial score (nSPS) is 10.6. The summed E-state index contributed by atoms with van der Waals surface area (Å²) in [7, 11) is 0. The summed E-state index contributed by atoms with van der Waals surface area (Å²) >= 11 is 17.6. The maximum absolute atomic E-state index is 6.18. The summed E-state index contributed by atoms with van der Waals surface area (Å²) in [6, 6.07) is 15.5. The Morgan fingerprint density at radius 2 is 1.85 bits per heavy atom. The molecule has 0 aliphatic carbocycles. The lowest BCUT2D eigenvalue weighted by Gasteiger charge is -2.13. The van der Waals surface area contributed by atoms with E-state index in [1.807, 2.05) is 41.9 Å². The van der Waals surface area contributed by atoms with E-state index >= 15 is 0 Å². The molecule has 0 saturated carbocycles. The number of aryl methyl sites for hydroxylation is 2. The van der Waals surface area contributed by atoms with Crippen LogP contribution in [0.25, 0.3) is 0 Å². The summed E-state index contributed by atoms with van der Waals surface area (Å²) in [6.45, 7) is 4.75. The Hall–Kier alpha value is -2.08. The van der Waals surface area contributed by atoms with Gasteiger partial charge in [0.2, 0.25) is 0 Å². The molecule has 0 aliphatic rings. The maximum atomic E-state index is 6.18. The molecule has 2 aromatic carbocycles. The predicted molar refractivity (Wildman–Crippen MR) is 114 cm³/mol. The largest absolute Gasteiger partial charge is 0.332 e. The number of nitrogens with one attached hydrogen (secondary N) is 2. The van der Waals surface area contributed by atoms with Crippen molar-refractivity contribution in [2.45, 2.75) is 20.4 Å². The molecule has 0 unspecified atom stereocenters. The van der Waals surface area contributed by atoms with E-state index in [0.29, 0.717) is 27.4 Å². The third-order valence-corrected chi connectivity index (χ3v) is 4.84. The van der Waals surface area contributed by atoms with Crippen LogP contribution in [-0.4, -0.2) is 14.9 Å². The lowest BCUT2D eigenvalue weighted by molar-refractivity contribution is 0.659. The van der Waals surface area contributed by atoms with Crippen LogP contribution in [0.15, 0.2) is 48.5 Å². The minimum atomic E-state index is 0.441. The van der Waals surface area contributed by atoms with Crippen LogP contribution in [0.5, 0.6) is 0 Å². The maximum Gasteiger partial charge on any atom is 0.175 e. The molecule has 2 N–H and O–H groups in total. The molecular weight excluding hydrogens is 387 g/mol. The molecule has 0 radical (unpaired) electrons. The van der Waals surface area contributed by atoms with E-state index in [2.05, 4.69) is 34.8 Å². The summed E-state index contributed by atoms with van der Waals surface area (Å²) in [5.74, 6) is 0. The van der Waals surface area contributed by atoms with Gasteiger partial charge >= 0.3 is 0 Å². The molecule has 0 bridgehead atoms. The fourth-order valence-electron chi connectivity index (χ4n) is 2.64. The first-order chi connectivity index (χ1) is 12.4. The van der Waals surface area contributed by atoms with Crippen molar-refractivity contribution in [2.75, 3.05) is 10.6 Å². The fourth-order valence-corrected chi connectivity index (χ4v) is 3.22. The minimum Gasteiger partial charge on any atom is -0.332 e. The molecule has 0 amide bonds. The van der Waals surface area contributed by atoms with Crippen molar-refractivity contribution in [1.29, 1.82) is 0 Å². The van der Waals surface area contributed by atoms with E-state index in [9.17, 15) is 0 Å². The van der Waals surface area contributed by atoms with Crippen molar-refractivity contribution in [2.24, 2.45) is 0 Å². The zero-order valence-corrected chi connectivity index (χ0v) is 16.7. The van der Waals surface area contributed by atoms with Gasteiger partial charge in [0.05, 0.1) is 28.0 Å². The molecule has 134 valence electrons. The van der Waals surface area contributed by atoms with E-state index in [4.69, 9.17) is 35.4 Å². The Kier molecular flexibility index (Phi) is 5.81. The van der Waals surface area contributed by atoms with E-state index in [-0.39, 0.29) is 0 Å². The molecular formula is C19H18Cl2N4S. The molecule has 26 heavy (non-hydrogen) atoms. The van der Waals surface area contributed by atoms with Crippen molar-refractivity contribution in [3.8, 4) is 0 Å². The number of benzene rings is 2. The lowest BCUT2D eigenvalue weighted by atomic mass is 10.2.